The number of thioether (sulfide) groups is 1. The number of para-hydroxylation sites is 1. The fraction of sp³-hybridized carbons (Fsp3) is 0.400. The largest absolute Gasteiger partial charge is 0.398 e. The zero-order valence-corrected chi connectivity index (χ0v) is 8.90. The second kappa shape index (κ2) is 4.53. The average Bonchev–Trinajstić information content (AvgIpc) is 2.13. The van der Waals surface area contributed by atoms with Crippen molar-refractivity contribution in [3.8, 4) is 0 Å². The van der Waals surface area contributed by atoms with Gasteiger partial charge in [-0.05, 0) is 18.6 Å². The highest BCUT2D eigenvalue weighted by Gasteiger charge is 2.06. The maximum atomic E-state index is 5.92. The Labute approximate surface area is 83.7 Å². The third kappa shape index (κ3) is 2.64. The second-order valence-electron chi connectivity index (χ2n) is 3.15. The molecule has 1 atom stereocenters. The number of anilines is 1. The number of nitrogen functional groups attached to an aromatic ring is 1. The molecule has 0 heterocycles. The van der Waals surface area contributed by atoms with Crippen LogP contribution in [0.3, 0.4) is 0 Å². The molecule has 1 aromatic carbocycles. The summed E-state index contributed by atoms with van der Waals surface area (Å²) in [5.74, 6) is 0. The molecule has 1 aromatic rings. The molecule has 0 spiro atoms. The van der Waals surface area contributed by atoms with E-state index in [2.05, 4.69) is 6.92 Å². The highest BCUT2D eigenvalue weighted by molar-refractivity contribution is 8.00. The summed E-state index contributed by atoms with van der Waals surface area (Å²) in [5, 5.41) is 0.420. The summed E-state index contributed by atoms with van der Waals surface area (Å²) in [6.45, 7) is 4.80. The molecule has 0 aliphatic carbocycles. The van der Waals surface area contributed by atoms with Gasteiger partial charge >= 0.3 is 0 Å². The molecule has 0 amide bonds. The first-order chi connectivity index (χ1) is 6.15. The number of benzene rings is 1. The average molecular weight is 196 g/mol. The van der Waals surface area contributed by atoms with Gasteiger partial charge in [-0.1, -0.05) is 19.1 Å². The Hall–Kier alpha value is -0.670. The molecule has 0 saturated carbocycles. The Morgan fingerprint density at radius 3 is 2.77 bits per heavy atom. The molecular formula is C10H16N2S. The van der Waals surface area contributed by atoms with Gasteiger partial charge in [0.2, 0.25) is 0 Å². The highest BCUT2D eigenvalue weighted by atomic mass is 32.2. The van der Waals surface area contributed by atoms with Crippen molar-refractivity contribution in [2.45, 2.75) is 24.0 Å². The lowest BCUT2D eigenvalue weighted by Gasteiger charge is -2.11. The van der Waals surface area contributed by atoms with Crippen LogP contribution in [0.4, 0.5) is 5.69 Å². The Morgan fingerprint density at radius 2 is 2.15 bits per heavy atom. The van der Waals surface area contributed by atoms with Crippen LogP contribution >= 0.6 is 11.8 Å². The number of hydrogen-bond donors (Lipinski definition) is 2. The van der Waals surface area contributed by atoms with E-state index in [-0.39, 0.29) is 0 Å². The van der Waals surface area contributed by atoms with E-state index in [9.17, 15) is 0 Å². The van der Waals surface area contributed by atoms with Gasteiger partial charge in [0, 0.05) is 22.4 Å². The van der Waals surface area contributed by atoms with E-state index in [1.54, 1.807) is 11.8 Å². The molecule has 2 nitrogen and oxygen atoms in total. The summed E-state index contributed by atoms with van der Waals surface area (Å²) < 4.78 is 0. The number of rotatable bonds is 3. The van der Waals surface area contributed by atoms with Crippen molar-refractivity contribution in [3.63, 3.8) is 0 Å². The van der Waals surface area contributed by atoms with Gasteiger partial charge < -0.3 is 11.5 Å². The lowest BCUT2D eigenvalue weighted by Crippen LogP contribution is -2.12. The molecule has 13 heavy (non-hydrogen) atoms. The Kier molecular flexibility index (Phi) is 3.63. The molecule has 1 rings (SSSR count). The minimum atomic E-state index is 0.420. The molecule has 0 fully saturated rings. The smallest absolute Gasteiger partial charge is 0.0482 e. The first-order valence-electron chi connectivity index (χ1n) is 4.37. The zero-order valence-electron chi connectivity index (χ0n) is 8.08. The summed E-state index contributed by atoms with van der Waals surface area (Å²) in [5.41, 5.74) is 13.5. The number of hydrogen-bond acceptors (Lipinski definition) is 3. The first-order valence-corrected chi connectivity index (χ1v) is 5.25. The summed E-state index contributed by atoms with van der Waals surface area (Å²) >= 11 is 1.73. The van der Waals surface area contributed by atoms with Crippen molar-refractivity contribution in [3.05, 3.63) is 23.8 Å². The maximum Gasteiger partial charge on any atom is 0.0482 e. The van der Waals surface area contributed by atoms with E-state index in [1.165, 1.54) is 0 Å². The van der Waals surface area contributed by atoms with Crippen molar-refractivity contribution in [1.29, 1.82) is 0 Å². The Bertz CT molecular complexity index is 286. The summed E-state index contributed by atoms with van der Waals surface area (Å²) in [7, 11) is 0. The van der Waals surface area contributed by atoms with Crippen molar-refractivity contribution in [2.24, 2.45) is 5.73 Å². The molecule has 1 unspecified atom stereocenters. The van der Waals surface area contributed by atoms with Gasteiger partial charge in [-0.15, -0.1) is 11.8 Å². The van der Waals surface area contributed by atoms with Crippen LogP contribution < -0.4 is 11.5 Å². The molecule has 4 N–H and O–H groups in total. The fourth-order valence-corrected chi connectivity index (χ4v) is 2.00. The van der Waals surface area contributed by atoms with E-state index in [0.29, 0.717) is 11.8 Å². The van der Waals surface area contributed by atoms with Gasteiger partial charge in [-0.3, -0.25) is 0 Å². The topological polar surface area (TPSA) is 52.0 Å². The van der Waals surface area contributed by atoms with Gasteiger partial charge in [0.25, 0.3) is 0 Å². The monoisotopic (exact) mass is 196 g/mol. The van der Waals surface area contributed by atoms with Gasteiger partial charge in [-0.2, -0.15) is 0 Å². The van der Waals surface area contributed by atoms with Gasteiger partial charge in [0.15, 0.2) is 0 Å². The maximum absolute atomic E-state index is 5.92. The quantitative estimate of drug-likeness (QED) is 0.574. The fourth-order valence-electron chi connectivity index (χ4n) is 1.02. The SMILES string of the molecule is Cc1cccc(SC(C)CN)c1N. The third-order valence-electron chi connectivity index (χ3n) is 1.94. The molecule has 0 aliphatic heterocycles. The number of nitrogens with two attached hydrogens (primary N) is 2. The normalized spacial score (nSPS) is 12.8. The molecular weight excluding hydrogens is 180 g/mol. The van der Waals surface area contributed by atoms with E-state index in [1.807, 2.05) is 25.1 Å². The van der Waals surface area contributed by atoms with Crippen molar-refractivity contribution in [2.75, 3.05) is 12.3 Å². The van der Waals surface area contributed by atoms with E-state index >= 15 is 0 Å². The standard InChI is InChI=1S/C10H16N2S/c1-7-4-3-5-9(10(7)12)13-8(2)6-11/h3-5,8H,6,11-12H2,1-2H3. The molecule has 0 radical (unpaired) electrons. The highest BCUT2D eigenvalue weighted by Crippen LogP contribution is 2.29. The molecule has 0 aromatic heterocycles. The van der Waals surface area contributed by atoms with E-state index < -0.39 is 0 Å². The summed E-state index contributed by atoms with van der Waals surface area (Å²) in [6.07, 6.45) is 0. The van der Waals surface area contributed by atoms with Gasteiger partial charge in [0.05, 0.1) is 0 Å². The van der Waals surface area contributed by atoms with Crippen molar-refractivity contribution < 1.29 is 0 Å². The van der Waals surface area contributed by atoms with Crippen molar-refractivity contribution >= 4 is 17.4 Å². The third-order valence-corrected chi connectivity index (χ3v) is 3.15. The Morgan fingerprint density at radius 1 is 1.46 bits per heavy atom. The van der Waals surface area contributed by atoms with E-state index in [0.717, 1.165) is 16.1 Å². The zero-order chi connectivity index (χ0) is 9.84. The first kappa shape index (κ1) is 10.4. The molecule has 3 heteroatoms. The molecule has 0 aliphatic rings. The van der Waals surface area contributed by atoms with Crippen LogP contribution in [-0.4, -0.2) is 11.8 Å². The number of aryl methyl sites for hydroxylation is 1. The van der Waals surface area contributed by atoms with Gasteiger partial charge in [-0.25, -0.2) is 0 Å². The summed E-state index contributed by atoms with van der Waals surface area (Å²) in [4.78, 5) is 1.14. The minimum Gasteiger partial charge on any atom is -0.398 e. The van der Waals surface area contributed by atoms with Gasteiger partial charge in [0.1, 0.15) is 0 Å². The molecule has 72 valence electrons. The molecule has 0 saturated heterocycles. The minimum absolute atomic E-state index is 0.420. The van der Waals surface area contributed by atoms with Crippen LogP contribution in [-0.2, 0) is 0 Å². The predicted octanol–water partition coefficient (Wildman–Crippen LogP) is 2.02. The van der Waals surface area contributed by atoms with Crippen LogP contribution in [0, 0.1) is 6.92 Å². The van der Waals surface area contributed by atoms with E-state index in [4.69, 9.17) is 11.5 Å². The van der Waals surface area contributed by atoms with Crippen LogP contribution in [0.1, 0.15) is 12.5 Å². The second-order valence-corrected chi connectivity index (χ2v) is 4.63. The lowest BCUT2D eigenvalue weighted by atomic mass is 10.2. The van der Waals surface area contributed by atoms with Crippen molar-refractivity contribution in [1.82, 2.24) is 0 Å². The summed E-state index contributed by atoms with van der Waals surface area (Å²) in [6, 6.07) is 6.09. The van der Waals surface area contributed by atoms with Crippen LogP contribution in [0.25, 0.3) is 0 Å². The van der Waals surface area contributed by atoms with Crippen LogP contribution in [0.15, 0.2) is 23.1 Å². The van der Waals surface area contributed by atoms with Crippen LogP contribution in [0.2, 0.25) is 0 Å². The van der Waals surface area contributed by atoms with Crippen LogP contribution in [0.5, 0.6) is 0 Å². The predicted molar refractivity (Wildman–Crippen MR) is 60.0 cm³/mol. The Balaban J connectivity index is 2.83. The molecule has 0 bridgehead atoms. The lowest BCUT2D eigenvalue weighted by molar-refractivity contribution is 0.951.